The largest absolute Gasteiger partial charge is 0.353 e. The summed E-state index contributed by atoms with van der Waals surface area (Å²) in [4.78, 5) is 29.7. The van der Waals surface area contributed by atoms with Crippen molar-refractivity contribution in [3.8, 4) is 11.3 Å². The fraction of sp³-hybridized carbons (Fsp3) is 0.353. The lowest BCUT2D eigenvalue weighted by atomic mass is 10.2. The van der Waals surface area contributed by atoms with E-state index in [0.29, 0.717) is 10.8 Å². The molecular weight excluding hydrogens is 343 g/mol. The van der Waals surface area contributed by atoms with Gasteiger partial charge in [-0.3, -0.25) is 14.5 Å². The summed E-state index contributed by atoms with van der Waals surface area (Å²) in [6.45, 7) is 3.98. The van der Waals surface area contributed by atoms with Crippen molar-refractivity contribution in [2.75, 3.05) is 25.5 Å². The van der Waals surface area contributed by atoms with Crippen molar-refractivity contribution in [2.24, 2.45) is 0 Å². The molecule has 2 N–H and O–H groups in total. The molecule has 0 bridgehead atoms. The number of carbonyl (C=O) groups excluding carboxylic acids is 2. The highest BCUT2D eigenvalue weighted by molar-refractivity contribution is 7.14. The molecule has 0 saturated heterocycles. The molecule has 0 aliphatic heterocycles. The first-order valence-corrected chi connectivity index (χ1v) is 8.70. The SMILES string of the molecule is CC(C)NC(=O)CN(C)CC(=O)Nc1nc(-c2ccc(F)cc2)cs1. The molecule has 0 fully saturated rings. The Balaban J connectivity index is 1.86. The molecule has 2 aromatic rings. The van der Waals surface area contributed by atoms with Gasteiger partial charge in [0, 0.05) is 17.0 Å². The summed E-state index contributed by atoms with van der Waals surface area (Å²) in [5.41, 5.74) is 1.45. The fourth-order valence-corrected chi connectivity index (χ4v) is 2.89. The number of carbonyl (C=O) groups is 2. The lowest BCUT2D eigenvalue weighted by Crippen LogP contribution is -2.41. The molecule has 2 rings (SSSR count). The van der Waals surface area contributed by atoms with Gasteiger partial charge in [0.15, 0.2) is 5.13 Å². The van der Waals surface area contributed by atoms with E-state index in [4.69, 9.17) is 0 Å². The lowest BCUT2D eigenvalue weighted by Gasteiger charge is -2.16. The van der Waals surface area contributed by atoms with Gasteiger partial charge >= 0.3 is 0 Å². The smallest absolute Gasteiger partial charge is 0.240 e. The van der Waals surface area contributed by atoms with Crippen LogP contribution >= 0.6 is 11.3 Å². The zero-order valence-electron chi connectivity index (χ0n) is 14.4. The first-order chi connectivity index (χ1) is 11.8. The Hall–Kier alpha value is -2.32. The Labute approximate surface area is 150 Å². The standard InChI is InChI=1S/C17H21FN4O2S/c1-11(2)19-15(23)8-22(3)9-16(24)21-17-20-14(10-25-17)12-4-6-13(18)7-5-12/h4-7,10-11H,8-9H2,1-3H3,(H,19,23)(H,20,21,24). The molecule has 25 heavy (non-hydrogen) atoms. The van der Waals surface area contributed by atoms with Crippen LogP contribution in [0.3, 0.4) is 0 Å². The van der Waals surface area contributed by atoms with Crippen LogP contribution in [0.5, 0.6) is 0 Å². The van der Waals surface area contributed by atoms with E-state index in [1.54, 1.807) is 29.5 Å². The predicted molar refractivity (Wildman–Crippen MR) is 96.9 cm³/mol. The van der Waals surface area contributed by atoms with E-state index in [9.17, 15) is 14.0 Å². The Morgan fingerprint density at radius 3 is 2.48 bits per heavy atom. The number of amides is 2. The first kappa shape index (κ1) is 19.0. The Morgan fingerprint density at radius 1 is 1.20 bits per heavy atom. The lowest BCUT2D eigenvalue weighted by molar-refractivity contribution is -0.123. The number of anilines is 1. The van der Waals surface area contributed by atoms with Crippen LogP contribution in [0.1, 0.15) is 13.8 Å². The molecule has 1 aromatic heterocycles. The summed E-state index contributed by atoms with van der Waals surface area (Å²) in [5, 5.41) is 7.74. The maximum Gasteiger partial charge on any atom is 0.240 e. The number of rotatable bonds is 7. The van der Waals surface area contributed by atoms with Gasteiger partial charge in [-0.2, -0.15) is 0 Å². The van der Waals surface area contributed by atoms with Crippen molar-refractivity contribution in [3.63, 3.8) is 0 Å². The average Bonchev–Trinajstić information content (AvgIpc) is 2.94. The second-order valence-corrected chi connectivity index (χ2v) is 6.85. The number of likely N-dealkylation sites (N-methyl/N-ethyl adjacent to an activating group) is 1. The molecule has 1 aromatic carbocycles. The highest BCUT2D eigenvalue weighted by atomic mass is 32.1. The normalized spacial score (nSPS) is 11.0. The number of hydrogen-bond acceptors (Lipinski definition) is 5. The summed E-state index contributed by atoms with van der Waals surface area (Å²) in [6, 6.07) is 6.07. The molecule has 6 nitrogen and oxygen atoms in total. The second kappa shape index (κ2) is 8.68. The minimum absolute atomic E-state index is 0.0647. The zero-order valence-corrected chi connectivity index (χ0v) is 15.2. The van der Waals surface area contributed by atoms with Crippen molar-refractivity contribution >= 4 is 28.3 Å². The molecule has 0 saturated carbocycles. The van der Waals surface area contributed by atoms with Gasteiger partial charge in [0.2, 0.25) is 11.8 Å². The fourth-order valence-electron chi connectivity index (χ4n) is 2.16. The summed E-state index contributed by atoms with van der Waals surface area (Å²) < 4.78 is 13.0. The van der Waals surface area contributed by atoms with Crippen molar-refractivity contribution in [1.82, 2.24) is 15.2 Å². The third kappa shape index (κ3) is 6.24. The number of aromatic nitrogens is 1. The van der Waals surface area contributed by atoms with Crippen LogP contribution in [0.2, 0.25) is 0 Å². The molecule has 0 spiro atoms. The van der Waals surface area contributed by atoms with Crippen molar-refractivity contribution in [1.29, 1.82) is 0 Å². The van der Waals surface area contributed by atoms with Gasteiger partial charge in [0.25, 0.3) is 0 Å². The van der Waals surface area contributed by atoms with Crippen LogP contribution in [0.4, 0.5) is 9.52 Å². The maximum absolute atomic E-state index is 13.0. The van der Waals surface area contributed by atoms with Gasteiger partial charge < -0.3 is 10.6 Å². The van der Waals surface area contributed by atoms with E-state index in [0.717, 1.165) is 5.56 Å². The third-order valence-corrected chi connectivity index (χ3v) is 3.92. The van der Waals surface area contributed by atoms with E-state index in [-0.39, 0.29) is 36.8 Å². The molecule has 1 heterocycles. The van der Waals surface area contributed by atoms with Crippen molar-refractivity contribution in [2.45, 2.75) is 19.9 Å². The minimum Gasteiger partial charge on any atom is -0.353 e. The van der Waals surface area contributed by atoms with E-state index in [1.165, 1.54) is 23.5 Å². The van der Waals surface area contributed by atoms with Crippen LogP contribution in [0, 0.1) is 5.82 Å². The predicted octanol–water partition coefficient (Wildman–Crippen LogP) is 2.34. The van der Waals surface area contributed by atoms with Gasteiger partial charge in [-0.1, -0.05) is 0 Å². The van der Waals surface area contributed by atoms with E-state index in [1.807, 2.05) is 13.8 Å². The van der Waals surface area contributed by atoms with E-state index >= 15 is 0 Å². The van der Waals surface area contributed by atoms with Crippen molar-refractivity contribution in [3.05, 3.63) is 35.5 Å². The number of benzene rings is 1. The minimum atomic E-state index is -0.308. The quantitative estimate of drug-likeness (QED) is 0.791. The Kier molecular flexibility index (Phi) is 6.60. The topological polar surface area (TPSA) is 74.3 Å². The molecule has 134 valence electrons. The third-order valence-electron chi connectivity index (χ3n) is 3.17. The molecule has 0 aliphatic rings. The summed E-state index contributed by atoms with van der Waals surface area (Å²) >= 11 is 1.29. The van der Waals surface area contributed by atoms with E-state index < -0.39 is 0 Å². The Bertz CT molecular complexity index is 731. The summed E-state index contributed by atoms with van der Waals surface area (Å²) in [7, 11) is 1.70. The maximum atomic E-state index is 13.0. The van der Waals surface area contributed by atoms with E-state index in [2.05, 4.69) is 15.6 Å². The van der Waals surface area contributed by atoms with Gasteiger partial charge in [-0.15, -0.1) is 11.3 Å². The molecule has 0 atom stereocenters. The van der Waals surface area contributed by atoms with Crippen LogP contribution in [-0.4, -0.2) is 47.9 Å². The van der Waals surface area contributed by atoms with Gasteiger partial charge in [0.1, 0.15) is 5.82 Å². The van der Waals surface area contributed by atoms with Crippen LogP contribution in [0.15, 0.2) is 29.6 Å². The average molecular weight is 364 g/mol. The van der Waals surface area contributed by atoms with Crippen molar-refractivity contribution < 1.29 is 14.0 Å². The monoisotopic (exact) mass is 364 g/mol. The van der Waals surface area contributed by atoms with Gasteiger partial charge in [-0.05, 0) is 45.2 Å². The second-order valence-electron chi connectivity index (χ2n) is 5.99. The molecular formula is C17H21FN4O2S. The van der Waals surface area contributed by atoms with Gasteiger partial charge in [-0.25, -0.2) is 9.37 Å². The number of nitrogens with one attached hydrogen (secondary N) is 2. The highest BCUT2D eigenvalue weighted by Gasteiger charge is 2.13. The molecule has 2 amide bonds. The highest BCUT2D eigenvalue weighted by Crippen LogP contribution is 2.24. The summed E-state index contributed by atoms with van der Waals surface area (Å²) in [5.74, 6) is -0.685. The van der Waals surface area contributed by atoms with Gasteiger partial charge in [0.05, 0.1) is 18.8 Å². The molecule has 8 heteroatoms. The molecule has 0 unspecified atom stereocenters. The zero-order chi connectivity index (χ0) is 18.4. The number of nitrogens with zero attached hydrogens (tertiary/aromatic N) is 2. The Morgan fingerprint density at radius 2 is 1.84 bits per heavy atom. The van der Waals surface area contributed by atoms with Crippen LogP contribution in [0.25, 0.3) is 11.3 Å². The van der Waals surface area contributed by atoms with Crippen LogP contribution in [-0.2, 0) is 9.59 Å². The number of hydrogen-bond donors (Lipinski definition) is 2. The molecule has 0 aliphatic carbocycles. The number of halogens is 1. The van der Waals surface area contributed by atoms with Crippen LogP contribution < -0.4 is 10.6 Å². The number of thiazole rings is 1. The first-order valence-electron chi connectivity index (χ1n) is 7.82. The summed E-state index contributed by atoms with van der Waals surface area (Å²) in [6.07, 6.45) is 0. The molecule has 0 radical (unpaired) electrons.